The zero-order chi connectivity index (χ0) is 17.8. The summed E-state index contributed by atoms with van der Waals surface area (Å²) in [5, 5.41) is 18.1. The van der Waals surface area contributed by atoms with Crippen LogP contribution in [0.5, 0.6) is 0 Å². The summed E-state index contributed by atoms with van der Waals surface area (Å²) in [7, 11) is 4.21. The average Bonchev–Trinajstić information content (AvgIpc) is 3.06. The lowest BCUT2D eigenvalue weighted by molar-refractivity contribution is 0.253. The highest BCUT2D eigenvalue weighted by Gasteiger charge is 2.15. The molecule has 6 heteroatoms. The first-order chi connectivity index (χ1) is 11.6. The fourth-order valence-electron chi connectivity index (χ4n) is 2.69. The Morgan fingerprint density at radius 1 is 1.29 bits per heavy atom. The van der Waals surface area contributed by atoms with E-state index in [-0.39, 0.29) is 6.61 Å². The van der Waals surface area contributed by atoms with Crippen LogP contribution in [0.2, 0.25) is 0 Å². The van der Waals surface area contributed by atoms with E-state index in [0.29, 0.717) is 12.0 Å². The number of hydrogen-bond acceptors (Lipinski definition) is 4. The van der Waals surface area contributed by atoms with Gasteiger partial charge in [-0.3, -0.25) is 4.99 Å². The van der Waals surface area contributed by atoms with Crippen molar-refractivity contribution in [2.24, 2.45) is 10.9 Å². The summed E-state index contributed by atoms with van der Waals surface area (Å²) in [6.45, 7) is 6.92. The minimum Gasteiger partial charge on any atom is -0.396 e. The Kier molecular flexibility index (Phi) is 10.7. The zero-order valence-electron chi connectivity index (χ0n) is 15.6. The molecular formula is C18H34N4OS. The van der Waals surface area contributed by atoms with Crippen molar-refractivity contribution < 1.29 is 5.11 Å². The van der Waals surface area contributed by atoms with Crippen molar-refractivity contribution in [3.63, 3.8) is 0 Å². The fourth-order valence-corrected chi connectivity index (χ4v) is 3.61. The van der Waals surface area contributed by atoms with Gasteiger partial charge >= 0.3 is 0 Å². The van der Waals surface area contributed by atoms with Crippen molar-refractivity contribution >= 4 is 17.3 Å². The Morgan fingerprint density at radius 3 is 2.62 bits per heavy atom. The van der Waals surface area contributed by atoms with Crippen LogP contribution in [0.15, 0.2) is 22.5 Å². The molecule has 138 valence electrons. The molecular weight excluding hydrogens is 320 g/mol. The van der Waals surface area contributed by atoms with Crippen LogP contribution in [-0.2, 0) is 0 Å². The van der Waals surface area contributed by atoms with Gasteiger partial charge in [0.15, 0.2) is 5.96 Å². The van der Waals surface area contributed by atoms with Crippen LogP contribution >= 0.6 is 11.3 Å². The van der Waals surface area contributed by atoms with Gasteiger partial charge in [0.1, 0.15) is 0 Å². The molecule has 0 saturated carbocycles. The van der Waals surface area contributed by atoms with Crippen LogP contribution in [0, 0.1) is 5.92 Å². The number of aliphatic imine (C=N–C) groups is 1. The molecule has 0 amide bonds. The molecule has 3 N–H and O–H groups in total. The molecule has 1 heterocycles. The maximum atomic E-state index is 9.19. The third kappa shape index (κ3) is 7.64. The standard InChI is InChI=1S/C18H34N4OS/c1-5-8-15(10-11-23)13-20-18(19-6-2)21-14-16(22(3)4)17-9-7-12-24-17/h7,9,12,15-16,23H,5-6,8,10-11,13-14H2,1-4H3,(H2,19,20,21). The maximum Gasteiger partial charge on any atom is 0.191 e. The van der Waals surface area contributed by atoms with Gasteiger partial charge in [-0.1, -0.05) is 19.4 Å². The molecule has 2 atom stereocenters. The average molecular weight is 355 g/mol. The molecule has 24 heavy (non-hydrogen) atoms. The van der Waals surface area contributed by atoms with Gasteiger partial charge in [0.25, 0.3) is 0 Å². The topological polar surface area (TPSA) is 59.9 Å². The molecule has 0 aliphatic heterocycles. The Morgan fingerprint density at radius 2 is 2.08 bits per heavy atom. The summed E-state index contributed by atoms with van der Waals surface area (Å²) in [6.07, 6.45) is 3.07. The van der Waals surface area contributed by atoms with E-state index in [1.807, 2.05) is 0 Å². The highest BCUT2D eigenvalue weighted by molar-refractivity contribution is 7.10. The van der Waals surface area contributed by atoms with Crippen LogP contribution in [0.25, 0.3) is 0 Å². The summed E-state index contributed by atoms with van der Waals surface area (Å²) in [6, 6.07) is 4.61. The highest BCUT2D eigenvalue weighted by Crippen LogP contribution is 2.22. The van der Waals surface area contributed by atoms with E-state index in [1.165, 1.54) is 4.88 Å². The lowest BCUT2D eigenvalue weighted by Gasteiger charge is -2.25. The molecule has 0 aliphatic rings. The zero-order valence-corrected chi connectivity index (χ0v) is 16.4. The molecule has 0 aliphatic carbocycles. The second-order valence-electron chi connectivity index (χ2n) is 6.26. The SMILES string of the molecule is CCCC(CCO)CN=C(NCC)NCC(c1cccs1)N(C)C. The molecule has 1 aromatic rings. The number of nitrogens with one attached hydrogen (secondary N) is 2. The Bertz CT molecular complexity index is 442. The van der Waals surface area contributed by atoms with Gasteiger partial charge in [-0.05, 0) is 51.2 Å². The van der Waals surface area contributed by atoms with Gasteiger partial charge < -0.3 is 20.6 Å². The summed E-state index contributed by atoms with van der Waals surface area (Å²) in [5.74, 6) is 1.32. The van der Waals surface area contributed by atoms with Gasteiger partial charge in [0.05, 0.1) is 6.04 Å². The first-order valence-electron chi connectivity index (χ1n) is 8.95. The third-order valence-corrected chi connectivity index (χ3v) is 5.02. The van der Waals surface area contributed by atoms with Gasteiger partial charge in [-0.2, -0.15) is 0 Å². The monoisotopic (exact) mass is 354 g/mol. The number of rotatable bonds is 11. The van der Waals surface area contributed by atoms with E-state index < -0.39 is 0 Å². The number of likely N-dealkylation sites (N-methyl/N-ethyl adjacent to an activating group) is 1. The highest BCUT2D eigenvalue weighted by atomic mass is 32.1. The van der Waals surface area contributed by atoms with Crippen LogP contribution in [-0.4, -0.2) is 56.3 Å². The van der Waals surface area contributed by atoms with E-state index in [1.54, 1.807) is 11.3 Å². The summed E-state index contributed by atoms with van der Waals surface area (Å²) in [4.78, 5) is 8.32. The maximum absolute atomic E-state index is 9.19. The number of aliphatic hydroxyl groups is 1. The summed E-state index contributed by atoms with van der Waals surface area (Å²) in [5.41, 5.74) is 0. The number of hydrogen-bond donors (Lipinski definition) is 3. The summed E-state index contributed by atoms with van der Waals surface area (Å²) >= 11 is 1.79. The lowest BCUT2D eigenvalue weighted by Crippen LogP contribution is -2.41. The normalized spacial score (nSPS) is 14.7. The van der Waals surface area contributed by atoms with Crippen molar-refractivity contribution in [2.75, 3.05) is 40.3 Å². The molecule has 0 spiro atoms. The van der Waals surface area contributed by atoms with Crippen molar-refractivity contribution in [2.45, 2.75) is 39.2 Å². The Labute approximate surface area is 151 Å². The van der Waals surface area contributed by atoms with Crippen molar-refractivity contribution in [1.29, 1.82) is 0 Å². The molecule has 1 rings (SSSR count). The summed E-state index contributed by atoms with van der Waals surface area (Å²) < 4.78 is 0. The van der Waals surface area contributed by atoms with Crippen LogP contribution < -0.4 is 10.6 Å². The Hall–Kier alpha value is -1.11. The molecule has 0 saturated heterocycles. The van der Waals surface area contributed by atoms with Gasteiger partial charge in [-0.15, -0.1) is 11.3 Å². The second kappa shape index (κ2) is 12.3. The number of aliphatic hydroxyl groups excluding tert-OH is 1. The molecule has 2 unspecified atom stereocenters. The quantitative estimate of drug-likeness (QED) is 0.422. The number of thiophene rings is 1. The minimum atomic E-state index is 0.241. The number of guanidine groups is 1. The van der Waals surface area contributed by atoms with Crippen molar-refractivity contribution in [3.8, 4) is 0 Å². The fraction of sp³-hybridized carbons (Fsp3) is 0.722. The Balaban J connectivity index is 2.64. The molecule has 0 fully saturated rings. The van der Waals surface area contributed by atoms with Gasteiger partial charge in [-0.25, -0.2) is 0 Å². The van der Waals surface area contributed by atoms with Gasteiger partial charge in [0, 0.05) is 31.1 Å². The minimum absolute atomic E-state index is 0.241. The van der Waals surface area contributed by atoms with Crippen molar-refractivity contribution in [3.05, 3.63) is 22.4 Å². The largest absolute Gasteiger partial charge is 0.396 e. The predicted octanol–water partition coefficient (Wildman–Crippen LogP) is 2.70. The first kappa shape index (κ1) is 20.9. The van der Waals surface area contributed by atoms with E-state index in [0.717, 1.165) is 44.9 Å². The van der Waals surface area contributed by atoms with E-state index in [2.05, 4.69) is 61.0 Å². The predicted molar refractivity (Wildman–Crippen MR) is 105 cm³/mol. The number of nitrogens with zero attached hydrogens (tertiary/aromatic N) is 2. The van der Waals surface area contributed by atoms with E-state index in [4.69, 9.17) is 4.99 Å². The van der Waals surface area contributed by atoms with E-state index in [9.17, 15) is 5.11 Å². The second-order valence-corrected chi connectivity index (χ2v) is 7.24. The third-order valence-electron chi connectivity index (χ3n) is 4.04. The van der Waals surface area contributed by atoms with E-state index >= 15 is 0 Å². The van der Waals surface area contributed by atoms with Crippen LogP contribution in [0.3, 0.4) is 0 Å². The van der Waals surface area contributed by atoms with Crippen molar-refractivity contribution in [1.82, 2.24) is 15.5 Å². The van der Waals surface area contributed by atoms with Crippen LogP contribution in [0.4, 0.5) is 0 Å². The lowest BCUT2D eigenvalue weighted by atomic mass is 10.0. The molecule has 5 nitrogen and oxygen atoms in total. The molecule has 1 aromatic heterocycles. The molecule has 0 bridgehead atoms. The molecule has 0 radical (unpaired) electrons. The van der Waals surface area contributed by atoms with Crippen LogP contribution in [0.1, 0.15) is 44.0 Å². The first-order valence-corrected chi connectivity index (χ1v) is 9.83. The smallest absolute Gasteiger partial charge is 0.191 e. The van der Waals surface area contributed by atoms with Gasteiger partial charge in [0.2, 0.25) is 0 Å². The molecule has 0 aromatic carbocycles.